The summed E-state index contributed by atoms with van der Waals surface area (Å²) in [6.45, 7) is 16.0. The predicted molar refractivity (Wildman–Crippen MR) is 70.6 cm³/mol. The number of ether oxygens (including phenoxy) is 1. The van der Waals surface area contributed by atoms with E-state index in [1.165, 1.54) is 19.3 Å². The zero-order valence-corrected chi connectivity index (χ0v) is 12.3. The van der Waals surface area contributed by atoms with Crippen LogP contribution in [-0.4, -0.2) is 11.2 Å². The van der Waals surface area contributed by atoms with Gasteiger partial charge in [-0.2, -0.15) is 0 Å². The molecule has 1 unspecified atom stereocenters. The van der Waals surface area contributed by atoms with Gasteiger partial charge in [-0.1, -0.05) is 27.2 Å². The van der Waals surface area contributed by atoms with Crippen LogP contribution < -0.4 is 0 Å². The second kappa shape index (κ2) is 4.68. The highest BCUT2D eigenvalue weighted by molar-refractivity contribution is 4.91. The molecule has 1 aliphatic rings. The van der Waals surface area contributed by atoms with E-state index in [1.807, 2.05) is 0 Å². The second-order valence-electron chi connectivity index (χ2n) is 7.11. The number of rotatable bonds is 3. The molecule has 1 rings (SSSR count). The quantitative estimate of drug-likeness (QED) is 0.680. The van der Waals surface area contributed by atoms with Crippen LogP contribution in [0.3, 0.4) is 0 Å². The van der Waals surface area contributed by atoms with Crippen LogP contribution in [0.2, 0.25) is 0 Å². The van der Waals surface area contributed by atoms with E-state index < -0.39 is 0 Å². The van der Waals surface area contributed by atoms with E-state index in [0.29, 0.717) is 0 Å². The van der Waals surface area contributed by atoms with E-state index in [0.717, 1.165) is 17.8 Å². The first-order valence-electron chi connectivity index (χ1n) is 6.87. The second-order valence-corrected chi connectivity index (χ2v) is 7.11. The molecule has 1 aliphatic heterocycles. The monoisotopic (exact) mass is 226 g/mol. The van der Waals surface area contributed by atoms with Gasteiger partial charge in [-0.15, -0.1) is 0 Å². The van der Waals surface area contributed by atoms with Gasteiger partial charge in [0.05, 0.1) is 11.2 Å². The van der Waals surface area contributed by atoms with E-state index >= 15 is 0 Å². The molecular formula is C15H30O. The first-order valence-corrected chi connectivity index (χ1v) is 6.87. The summed E-state index contributed by atoms with van der Waals surface area (Å²) < 4.78 is 6.17. The van der Waals surface area contributed by atoms with Crippen molar-refractivity contribution >= 4 is 0 Å². The summed E-state index contributed by atoms with van der Waals surface area (Å²) in [6.07, 6.45) is 3.73. The Morgan fingerprint density at radius 1 is 1.06 bits per heavy atom. The van der Waals surface area contributed by atoms with Crippen molar-refractivity contribution in [2.45, 2.75) is 78.9 Å². The highest BCUT2D eigenvalue weighted by Crippen LogP contribution is 2.44. The fourth-order valence-corrected chi connectivity index (χ4v) is 3.82. The summed E-state index contributed by atoms with van der Waals surface area (Å²) in [4.78, 5) is 0. The Hall–Kier alpha value is -0.0400. The summed E-state index contributed by atoms with van der Waals surface area (Å²) in [5.41, 5.74) is 0.101. The van der Waals surface area contributed by atoms with Gasteiger partial charge in [0, 0.05) is 0 Å². The minimum Gasteiger partial charge on any atom is -0.370 e. The van der Waals surface area contributed by atoms with Crippen molar-refractivity contribution < 1.29 is 4.74 Å². The lowest BCUT2D eigenvalue weighted by molar-refractivity contribution is -0.181. The third-order valence-electron chi connectivity index (χ3n) is 3.99. The maximum absolute atomic E-state index is 6.17. The van der Waals surface area contributed by atoms with E-state index in [2.05, 4.69) is 48.5 Å². The molecule has 16 heavy (non-hydrogen) atoms. The van der Waals surface area contributed by atoms with Crippen LogP contribution in [0.1, 0.15) is 67.7 Å². The largest absolute Gasteiger partial charge is 0.370 e. The molecule has 96 valence electrons. The third-order valence-corrected chi connectivity index (χ3v) is 3.99. The Morgan fingerprint density at radius 3 is 1.81 bits per heavy atom. The minimum absolute atomic E-state index is 0.0503. The van der Waals surface area contributed by atoms with Gasteiger partial charge in [0.25, 0.3) is 0 Å². The first-order chi connectivity index (χ1) is 7.17. The molecule has 0 N–H and O–H groups in total. The van der Waals surface area contributed by atoms with Gasteiger partial charge in [-0.05, 0) is 58.3 Å². The highest BCUT2D eigenvalue weighted by atomic mass is 16.5. The molecule has 1 heteroatoms. The van der Waals surface area contributed by atoms with Crippen molar-refractivity contribution in [2.24, 2.45) is 17.8 Å². The van der Waals surface area contributed by atoms with Crippen molar-refractivity contribution in [1.29, 1.82) is 0 Å². The molecule has 0 bridgehead atoms. The molecule has 1 nitrogen and oxygen atoms in total. The SMILES string of the molecule is CCC(C(C)C)C1CC(C)(C)OC(C)(C)C1. The Labute approximate surface area is 102 Å². The summed E-state index contributed by atoms with van der Waals surface area (Å²) in [7, 11) is 0. The summed E-state index contributed by atoms with van der Waals surface area (Å²) in [5, 5.41) is 0. The average Bonchev–Trinajstić information content (AvgIpc) is 1.97. The van der Waals surface area contributed by atoms with Crippen molar-refractivity contribution in [1.82, 2.24) is 0 Å². The van der Waals surface area contributed by atoms with Gasteiger partial charge in [0.15, 0.2) is 0 Å². The maximum Gasteiger partial charge on any atom is 0.0636 e. The van der Waals surface area contributed by atoms with E-state index in [-0.39, 0.29) is 11.2 Å². The Bertz CT molecular complexity index is 212. The zero-order chi connectivity index (χ0) is 12.6. The predicted octanol–water partition coefficient (Wildman–Crippen LogP) is 4.65. The van der Waals surface area contributed by atoms with Gasteiger partial charge < -0.3 is 4.74 Å². The summed E-state index contributed by atoms with van der Waals surface area (Å²) in [5.74, 6) is 2.46. The molecule has 1 heterocycles. The smallest absolute Gasteiger partial charge is 0.0636 e. The molecular weight excluding hydrogens is 196 g/mol. The van der Waals surface area contributed by atoms with E-state index in [9.17, 15) is 0 Å². The van der Waals surface area contributed by atoms with Crippen molar-refractivity contribution in [3.63, 3.8) is 0 Å². The molecule has 1 saturated heterocycles. The average molecular weight is 226 g/mol. The molecule has 0 aromatic heterocycles. The fourth-order valence-electron chi connectivity index (χ4n) is 3.82. The summed E-state index contributed by atoms with van der Waals surface area (Å²) in [6, 6.07) is 0. The topological polar surface area (TPSA) is 9.23 Å². The zero-order valence-electron chi connectivity index (χ0n) is 12.3. The van der Waals surface area contributed by atoms with Gasteiger partial charge >= 0.3 is 0 Å². The van der Waals surface area contributed by atoms with E-state index in [4.69, 9.17) is 4.74 Å². The van der Waals surface area contributed by atoms with Crippen LogP contribution >= 0.6 is 0 Å². The minimum atomic E-state index is 0.0503. The Kier molecular flexibility index (Phi) is 4.10. The lowest BCUT2D eigenvalue weighted by Crippen LogP contribution is -2.47. The van der Waals surface area contributed by atoms with Crippen molar-refractivity contribution in [3.05, 3.63) is 0 Å². The van der Waals surface area contributed by atoms with Gasteiger partial charge in [-0.25, -0.2) is 0 Å². The van der Waals surface area contributed by atoms with Crippen LogP contribution in [0.5, 0.6) is 0 Å². The number of hydrogen-bond acceptors (Lipinski definition) is 1. The number of hydrogen-bond donors (Lipinski definition) is 0. The molecule has 0 aromatic rings. The van der Waals surface area contributed by atoms with Crippen LogP contribution in [-0.2, 0) is 4.74 Å². The Morgan fingerprint density at radius 2 is 1.50 bits per heavy atom. The van der Waals surface area contributed by atoms with Crippen molar-refractivity contribution in [2.75, 3.05) is 0 Å². The third kappa shape index (κ3) is 3.48. The van der Waals surface area contributed by atoms with Gasteiger partial charge in [-0.3, -0.25) is 0 Å². The molecule has 0 radical (unpaired) electrons. The normalized spacial score (nSPS) is 27.0. The fraction of sp³-hybridized carbons (Fsp3) is 1.00. The lowest BCUT2D eigenvalue weighted by Gasteiger charge is -2.48. The molecule has 0 amide bonds. The molecule has 1 fully saturated rings. The first kappa shape index (κ1) is 14.0. The Balaban J connectivity index is 2.80. The molecule has 0 spiro atoms. The summed E-state index contributed by atoms with van der Waals surface area (Å²) >= 11 is 0. The van der Waals surface area contributed by atoms with Crippen LogP contribution in [0.4, 0.5) is 0 Å². The molecule has 0 aliphatic carbocycles. The lowest BCUT2D eigenvalue weighted by atomic mass is 9.70. The van der Waals surface area contributed by atoms with Gasteiger partial charge in [0.1, 0.15) is 0 Å². The molecule has 0 saturated carbocycles. The van der Waals surface area contributed by atoms with Gasteiger partial charge in [0.2, 0.25) is 0 Å². The standard InChI is InChI=1S/C15H30O/c1-8-13(11(2)3)12-9-14(4,5)16-15(6,7)10-12/h11-13H,8-10H2,1-7H3. The maximum atomic E-state index is 6.17. The van der Waals surface area contributed by atoms with Crippen LogP contribution in [0, 0.1) is 17.8 Å². The molecule has 1 atom stereocenters. The highest BCUT2D eigenvalue weighted by Gasteiger charge is 2.41. The van der Waals surface area contributed by atoms with Crippen LogP contribution in [0.25, 0.3) is 0 Å². The van der Waals surface area contributed by atoms with Crippen LogP contribution in [0.15, 0.2) is 0 Å². The molecule has 0 aromatic carbocycles. The van der Waals surface area contributed by atoms with E-state index in [1.54, 1.807) is 0 Å². The van der Waals surface area contributed by atoms with Crippen molar-refractivity contribution in [3.8, 4) is 0 Å².